The molecule has 26 heavy (non-hydrogen) atoms. The van der Waals surface area contributed by atoms with Gasteiger partial charge in [-0.3, -0.25) is 4.68 Å². The predicted octanol–water partition coefficient (Wildman–Crippen LogP) is 4.57. The van der Waals surface area contributed by atoms with Crippen molar-refractivity contribution in [2.75, 3.05) is 0 Å². The molecule has 0 atom stereocenters. The number of carbonyl (C=O) groups excluding carboxylic acids is 1. The van der Waals surface area contributed by atoms with Gasteiger partial charge in [-0.15, -0.1) is 11.3 Å². The minimum absolute atomic E-state index is 0.120. The van der Waals surface area contributed by atoms with Gasteiger partial charge in [0, 0.05) is 35.3 Å². The van der Waals surface area contributed by atoms with Gasteiger partial charge in [-0.25, -0.2) is 9.78 Å². The summed E-state index contributed by atoms with van der Waals surface area (Å²) in [5, 5.41) is 7.63. The number of nitrogens with zero attached hydrogens (tertiary/aromatic N) is 3. The van der Waals surface area contributed by atoms with Crippen molar-refractivity contribution in [3.63, 3.8) is 0 Å². The lowest BCUT2D eigenvalue weighted by Gasteiger charge is -2.00. The van der Waals surface area contributed by atoms with Gasteiger partial charge in [0.15, 0.2) is 0 Å². The van der Waals surface area contributed by atoms with Crippen LogP contribution >= 0.6 is 22.9 Å². The molecule has 3 rings (SSSR count). The van der Waals surface area contributed by atoms with Gasteiger partial charge in [0.05, 0.1) is 16.4 Å². The smallest absolute Gasteiger partial charge is 0.331 e. The van der Waals surface area contributed by atoms with E-state index in [2.05, 4.69) is 10.1 Å². The summed E-state index contributed by atoms with van der Waals surface area (Å²) in [6.45, 7) is 3.98. The Balaban J connectivity index is 1.62. The molecule has 0 unspecified atom stereocenters. The van der Waals surface area contributed by atoms with E-state index in [0.717, 1.165) is 27.5 Å². The molecule has 0 bridgehead atoms. The van der Waals surface area contributed by atoms with Crippen LogP contribution in [0.5, 0.6) is 0 Å². The molecule has 2 aromatic heterocycles. The number of esters is 1. The number of benzene rings is 1. The lowest BCUT2D eigenvalue weighted by Crippen LogP contribution is -2.01. The van der Waals surface area contributed by atoms with Gasteiger partial charge in [0.1, 0.15) is 11.6 Å². The van der Waals surface area contributed by atoms with Crippen LogP contribution in [0.25, 0.3) is 16.6 Å². The number of hydrogen-bond acceptors (Lipinski definition) is 5. The Bertz CT molecular complexity index is 975. The second kappa shape index (κ2) is 7.85. The zero-order valence-electron chi connectivity index (χ0n) is 14.7. The van der Waals surface area contributed by atoms with Crippen molar-refractivity contribution in [3.8, 4) is 10.6 Å². The number of ether oxygens (including phenoxy) is 1. The van der Waals surface area contributed by atoms with E-state index in [-0.39, 0.29) is 6.61 Å². The van der Waals surface area contributed by atoms with Gasteiger partial charge in [-0.2, -0.15) is 5.10 Å². The van der Waals surface area contributed by atoms with E-state index < -0.39 is 5.97 Å². The number of halogens is 1. The number of rotatable bonds is 5. The molecular weight excluding hydrogens is 370 g/mol. The average Bonchev–Trinajstić information content (AvgIpc) is 3.17. The standard InChI is InChI=1S/C19H18ClN3O2S/c1-12-15(13(2)23(3)22-12)8-9-18(24)25-10-14-11-26-19(21-14)16-6-4-5-7-17(16)20/h4-9,11H,10H2,1-3H3/b9-8+. The third-order valence-electron chi connectivity index (χ3n) is 3.97. The molecular formula is C19H18ClN3O2S. The third-order valence-corrected chi connectivity index (χ3v) is 5.22. The molecule has 134 valence electrons. The Morgan fingerprint density at radius 1 is 1.35 bits per heavy atom. The summed E-state index contributed by atoms with van der Waals surface area (Å²) in [5.41, 5.74) is 4.37. The summed E-state index contributed by atoms with van der Waals surface area (Å²) < 4.78 is 7.06. The highest BCUT2D eigenvalue weighted by Crippen LogP contribution is 2.30. The first kappa shape index (κ1) is 18.4. The second-order valence-electron chi connectivity index (χ2n) is 5.77. The van der Waals surface area contributed by atoms with E-state index in [1.54, 1.807) is 10.8 Å². The molecule has 0 aliphatic carbocycles. The summed E-state index contributed by atoms with van der Waals surface area (Å²) in [4.78, 5) is 16.5. The first-order chi connectivity index (χ1) is 12.5. The fourth-order valence-corrected chi connectivity index (χ4v) is 3.63. The Morgan fingerprint density at radius 2 is 2.12 bits per heavy atom. The van der Waals surface area contributed by atoms with Crippen molar-refractivity contribution in [2.24, 2.45) is 7.05 Å². The van der Waals surface area contributed by atoms with E-state index in [9.17, 15) is 4.79 Å². The van der Waals surface area contributed by atoms with Gasteiger partial charge in [-0.1, -0.05) is 29.8 Å². The average molecular weight is 388 g/mol. The van der Waals surface area contributed by atoms with Crippen LogP contribution in [-0.4, -0.2) is 20.7 Å². The van der Waals surface area contributed by atoms with Gasteiger partial charge < -0.3 is 4.74 Å². The molecule has 0 saturated heterocycles. The summed E-state index contributed by atoms with van der Waals surface area (Å²) in [6, 6.07) is 7.53. The van der Waals surface area contributed by atoms with E-state index in [1.807, 2.05) is 50.5 Å². The molecule has 7 heteroatoms. The van der Waals surface area contributed by atoms with Crippen LogP contribution in [-0.2, 0) is 23.2 Å². The molecule has 3 aromatic rings. The van der Waals surface area contributed by atoms with E-state index >= 15 is 0 Å². The molecule has 0 aliphatic heterocycles. The molecule has 0 fully saturated rings. The molecule has 1 aromatic carbocycles. The molecule has 0 radical (unpaired) electrons. The SMILES string of the molecule is Cc1nn(C)c(C)c1/C=C/C(=O)OCc1csc(-c2ccccc2Cl)n1. The van der Waals surface area contributed by atoms with Crippen molar-refractivity contribution in [1.82, 2.24) is 14.8 Å². The lowest BCUT2D eigenvalue weighted by atomic mass is 10.2. The minimum atomic E-state index is -0.417. The fraction of sp³-hybridized carbons (Fsp3) is 0.211. The van der Waals surface area contributed by atoms with E-state index in [4.69, 9.17) is 16.3 Å². The fourth-order valence-electron chi connectivity index (χ4n) is 2.51. The van der Waals surface area contributed by atoms with Gasteiger partial charge in [0.25, 0.3) is 0 Å². The third kappa shape index (κ3) is 4.03. The van der Waals surface area contributed by atoms with Crippen LogP contribution in [0.3, 0.4) is 0 Å². The molecule has 0 spiro atoms. The summed E-state index contributed by atoms with van der Waals surface area (Å²) in [6.07, 6.45) is 3.15. The molecule has 0 amide bonds. The number of aryl methyl sites for hydroxylation is 2. The number of thiazole rings is 1. The summed E-state index contributed by atoms with van der Waals surface area (Å²) >= 11 is 7.66. The minimum Gasteiger partial charge on any atom is -0.456 e. The predicted molar refractivity (Wildman–Crippen MR) is 104 cm³/mol. The Kier molecular flexibility index (Phi) is 5.54. The normalized spacial score (nSPS) is 11.2. The highest BCUT2D eigenvalue weighted by Gasteiger charge is 2.10. The highest BCUT2D eigenvalue weighted by atomic mass is 35.5. The monoisotopic (exact) mass is 387 g/mol. The van der Waals surface area contributed by atoms with Crippen molar-refractivity contribution in [3.05, 3.63) is 63.4 Å². The first-order valence-electron chi connectivity index (χ1n) is 8.00. The van der Waals surface area contributed by atoms with Gasteiger partial charge in [-0.05, 0) is 26.0 Å². The zero-order chi connectivity index (χ0) is 18.7. The zero-order valence-corrected chi connectivity index (χ0v) is 16.3. The van der Waals surface area contributed by atoms with Crippen molar-refractivity contribution in [1.29, 1.82) is 0 Å². The van der Waals surface area contributed by atoms with Crippen LogP contribution in [0, 0.1) is 13.8 Å². The van der Waals surface area contributed by atoms with Crippen molar-refractivity contribution in [2.45, 2.75) is 20.5 Å². The maximum absolute atomic E-state index is 12.0. The van der Waals surface area contributed by atoms with Crippen molar-refractivity contribution < 1.29 is 9.53 Å². The molecule has 0 aliphatic rings. The second-order valence-corrected chi connectivity index (χ2v) is 7.04. The van der Waals surface area contributed by atoms with Gasteiger partial charge in [0.2, 0.25) is 0 Å². The summed E-state index contributed by atoms with van der Waals surface area (Å²) in [5.74, 6) is -0.417. The quantitative estimate of drug-likeness (QED) is 0.475. The van der Waals surface area contributed by atoms with Crippen LogP contribution in [0.2, 0.25) is 5.02 Å². The Morgan fingerprint density at radius 3 is 2.81 bits per heavy atom. The maximum atomic E-state index is 12.0. The number of carbonyl (C=O) groups is 1. The van der Waals surface area contributed by atoms with Crippen LogP contribution < -0.4 is 0 Å². The first-order valence-corrected chi connectivity index (χ1v) is 9.26. The van der Waals surface area contributed by atoms with Crippen LogP contribution in [0.4, 0.5) is 0 Å². The lowest BCUT2D eigenvalue weighted by molar-refractivity contribution is -0.139. The van der Waals surface area contributed by atoms with Crippen LogP contribution in [0.1, 0.15) is 22.6 Å². The molecule has 5 nitrogen and oxygen atoms in total. The van der Waals surface area contributed by atoms with Crippen molar-refractivity contribution >= 4 is 35.0 Å². The molecule has 2 heterocycles. The largest absolute Gasteiger partial charge is 0.456 e. The topological polar surface area (TPSA) is 57.0 Å². The van der Waals surface area contributed by atoms with E-state index in [0.29, 0.717) is 10.7 Å². The Labute approximate surface area is 160 Å². The Hall–Kier alpha value is -2.44. The molecule has 0 N–H and O–H groups in total. The highest BCUT2D eigenvalue weighted by molar-refractivity contribution is 7.13. The number of hydrogen-bond donors (Lipinski definition) is 0. The van der Waals surface area contributed by atoms with E-state index in [1.165, 1.54) is 17.4 Å². The maximum Gasteiger partial charge on any atom is 0.331 e. The van der Waals surface area contributed by atoms with Crippen LogP contribution in [0.15, 0.2) is 35.7 Å². The molecule has 0 saturated carbocycles. The number of aromatic nitrogens is 3. The summed E-state index contributed by atoms with van der Waals surface area (Å²) in [7, 11) is 1.87. The van der Waals surface area contributed by atoms with Gasteiger partial charge >= 0.3 is 5.97 Å².